The summed E-state index contributed by atoms with van der Waals surface area (Å²) in [7, 11) is 0. The van der Waals surface area contributed by atoms with Crippen LogP contribution >= 0.6 is 22.7 Å². The molecule has 0 saturated carbocycles. The van der Waals surface area contributed by atoms with E-state index in [4.69, 9.17) is 5.26 Å². The number of fused-ring (bicyclic) bond motifs is 1. The van der Waals surface area contributed by atoms with E-state index < -0.39 is 0 Å². The second-order valence-electron chi connectivity index (χ2n) is 3.68. The van der Waals surface area contributed by atoms with Crippen LogP contribution in [-0.2, 0) is 0 Å². The largest absolute Gasteiger partial charge is 0.192 e. The van der Waals surface area contributed by atoms with Crippen LogP contribution in [-0.4, -0.2) is 0 Å². The number of benzene rings is 1. The zero-order valence-electron chi connectivity index (χ0n) is 9.31. The topological polar surface area (TPSA) is 23.8 Å². The van der Waals surface area contributed by atoms with E-state index in [1.54, 1.807) is 11.3 Å². The molecule has 3 rings (SSSR count). The Labute approximate surface area is 113 Å². The predicted molar refractivity (Wildman–Crippen MR) is 76.8 cm³/mol. The summed E-state index contributed by atoms with van der Waals surface area (Å²) in [5.74, 6) is 6.31. The maximum atomic E-state index is 8.82. The molecule has 0 unspecified atom stereocenters. The third-order valence-corrected chi connectivity index (χ3v) is 4.53. The maximum Gasteiger partial charge on any atom is 0.110 e. The molecule has 0 aliphatic carbocycles. The molecule has 0 fully saturated rings. The molecule has 0 aliphatic heterocycles. The van der Waals surface area contributed by atoms with Gasteiger partial charge in [0.15, 0.2) is 0 Å². The van der Waals surface area contributed by atoms with Crippen LogP contribution in [0.5, 0.6) is 0 Å². The van der Waals surface area contributed by atoms with E-state index in [1.165, 1.54) is 11.3 Å². The minimum Gasteiger partial charge on any atom is -0.192 e. The van der Waals surface area contributed by atoms with Gasteiger partial charge in [-0.2, -0.15) is 5.26 Å². The third-order valence-electron chi connectivity index (χ3n) is 2.42. The molecule has 3 aromatic rings. The minimum atomic E-state index is 0.763. The highest BCUT2D eigenvalue weighted by molar-refractivity contribution is 7.28. The zero-order valence-corrected chi connectivity index (χ0v) is 10.9. The molecule has 2 aromatic heterocycles. The summed E-state index contributed by atoms with van der Waals surface area (Å²) in [4.78, 5) is 1.81. The Kier molecular flexibility index (Phi) is 2.86. The van der Waals surface area contributed by atoms with Gasteiger partial charge in [0.25, 0.3) is 0 Å². The van der Waals surface area contributed by atoms with Crippen LogP contribution in [0.2, 0.25) is 0 Å². The highest BCUT2D eigenvalue weighted by Crippen LogP contribution is 2.32. The molecule has 3 heteroatoms. The molecule has 0 amide bonds. The summed E-state index contributed by atoms with van der Waals surface area (Å²) in [5.41, 5.74) is 1.02. The molecule has 0 saturated heterocycles. The Morgan fingerprint density at radius 1 is 0.833 bits per heavy atom. The van der Waals surface area contributed by atoms with Gasteiger partial charge >= 0.3 is 0 Å². The van der Waals surface area contributed by atoms with Crippen molar-refractivity contribution in [3.63, 3.8) is 0 Å². The van der Waals surface area contributed by atoms with Gasteiger partial charge in [0, 0.05) is 15.0 Å². The molecule has 0 N–H and O–H groups in total. The van der Waals surface area contributed by atoms with Gasteiger partial charge in [-0.3, -0.25) is 0 Å². The zero-order chi connectivity index (χ0) is 12.4. The molecule has 0 aliphatic rings. The van der Waals surface area contributed by atoms with Crippen molar-refractivity contribution in [2.75, 3.05) is 0 Å². The lowest BCUT2D eigenvalue weighted by Crippen LogP contribution is -1.70. The molecule has 2 heterocycles. The van der Waals surface area contributed by atoms with Gasteiger partial charge in [-0.15, -0.1) is 22.7 Å². The number of thiophene rings is 2. The highest BCUT2D eigenvalue weighted by Gasteiger charge is 2.04. The number of nitrogens with zero attached hydrogens (tertiary/aromatic N) is 1. The van der Waals surface area contributed by atoms with Crippen molar-refractivity contribution < 1.29 is 0 Å². The maximum absolute atomic E-state index is 8.82. The first-order chi connectivity index (χ1) is 8.85. The summed E-state index contributed by atoms with van der Waals surface area (Å²) >= 11 is 3.16. The van der Waals surface area contributed by atoms with Crippen molar-refractivity contribution in [2.45, 2.75) is 0 Å². The molecule has 0 spiro atoms. The summed E-state index contributed by atoms with van der Waals surface area (Å²) in [5, 5.41) is 8.82. The first kappa shape index (κ1) is 11.0. The smallest absolute Gasteiger partial charge is 0.110 e. The van der Waals surface area contributed by atoms with Crippen LogP contribution in [0, 0.1) is 23.2 Å². The van der Waals surface area contributed by atoms with E-state index in [0.29, 0.717) is 0 Å². The van der Waals surface area contributed by atoms with Crippen LogP contribution in [0.1, 0.15) is 15.3 Å². The first-order valence-electron chi connectivity index (χ1n) is 5.36. The van der Waals surface area contributed by atoms with Crippen molar-refractivity contribution in [1.29, 1.82) is 5.26 Å². The summed E-state index contributed by atoms with van der Waals surface area (Å²) in [6, 6.07) is 16.1. The summed E-state index contributed by atoms with van der Waals surface area (Å²) in [6.45, 7) is 0. The normalized spacial score (nSPS) is 9.72. The number of hydrogen-bond donors (Lipinski definition) is 0. The fourth-order valence-corrected chi connectivity index (χ4v) is 3.65. The van der Waals surface area contributed by atoms with Crippen LogP contribution in [0.25, 0.3) is 9.40 Å². The SMILES string of the molecule is N#Cc1cc2sc(C#Cc3ccccc3)cc2s1. The molecule has 0 atom stereocenters. The first-order valence-corrected chi connectivity index (χ1v) is 6.99. The number of rotatable bonds is 0. The van der Waals surface area contributed by atoms with Crippen LogP contribution in [0.3, 0.4) is 0 Å². The Bertz CT molecular complexity index is 760. The van der Waals surface area contributed by atoms with Gasteiger partial charge in [0.05, 0.1) is 4.88 Å². The highest BCUT2D eigenvalue weighted by atomic mass is 32.1. The van der Waals surface area contributed by atoms with E-state index in [9.17, 15) is 0 Å². The molecule has 18 heavy (non-hydrogen) atoms. The van der Waals surface area contributed by atoms with E-state index in [0.717, 1.165) is 24.7 Å². The molecule has 1 nitrogen and oxygen atoms in total. The molecule has 0 radical (unpaired) electrons. The number of nitriles is 1. The van der Waals surface area contributed by atoms with E-state index >= 15 is 0 Å². The quantitative estimate of drug-likeness (QED) is 0.558. The lowest BCUT2D eigenvalue weighted by atomic mass is 10.2. The van der Waals surface area contributed by atoms with Crippen molar-refractivity contribution >= 4 is 32.1 Å². The number of hydrogen-bond acceptors (Lipinski definition) is 3. The Morgan fingerprint density at radius 2 is 1.50 bits per heavy atom. The lowest BCUT2D eigenvalue weighted by molar-refractivity contribution is 1.53. The Hall–Kier alpha value is -2.07. The molecule has 84 valence electrons. The van der Waals surface area contributed by atoms with Gasteiger partial charge in [-0.1, -0.05) is 30.0 Å². The van der Waals surface area contributed by atoms with Gasteiger partial charge in [-0.25, -0.2) is 0 Å². The van der Waals surface area contributed by atoms with E-state index in [2.05, 4.69) is 24.0 Å². The molecular weight excluding hydrogens is 258 g/mol. The average Bonchev–Trinajstić information content (AvgIpc) is 2.95. The van der Waals surface area contributed by atoms with Gasteiger partial charge in [0.1, 0.15) is 10.9 Å². The van der Waals surface area contributed by atoms with E-state index in [-0.39, 0.29) is 0 Å². The standard InChI is InChI=1S/C15H7NS2/c16-10-13-9-15-14(18-13)8-12(17-15)7-6-11-4-2-1-3-5-11/h1-5,8-9H. The minimum absolute atomic E-state index is 0.763. The second kappa shape index (κ2) is 4.66. The summed E-state index contributed by atoms with van der Waals surface area (Å²) in [6.07, 6.45) is 0. The van der Waals surface area contributed by atoms with Crippen molar-refractivity contribution in [2.24, 2.45) is 0 Å². The Balaban J connectivity index is 1.95. The van der Waals surface area contributed by atoms with Crippen LogP contribution < -0.4 is 0 Å². The van der Waals surface area contributed by atoms with E-state index in [1.807, 2.05) is 36.4 Å². The van der Waals surface area contributed by atoms with Crippen molar-refractivity contribution in [3.05, 3.63) is 57.8 Å². The second-order valence-corrected chi connectivity index (χ2v) is 5.85. The van der Waals surface area contributed by atoms with Gasteiger partial charge in [0.2, 0.25) is 0 Å². The van der Waals surface area contributed by atoms with Crippen LogP contribution in [0.4, 0.5) is 0 Å². The third kappa shape index (κ3) is 2.15. The average molecular weight is 265 g/mol. The van der Waals surface area contributed by atoms with Gasteiger partial charge in [-0.05, 0) is 24.3 Å². The molecule has 1 aromatic carbocycles. The molecule has 0 bridgehead atoms. The molecular formula is C15H7NS2. The van der Waals surface area contributed by atoms with Crippen LogP contribution in [0.15, 0.2) is 42.5 Å². The lowest BCUT2D eigenvalue weighted by Gasteiger charge is -1.85. The monoisotopic (exact) mass is 265 g/mol. The van der Waals surface area contributed by atoms with Gasteiger partial charge < -0.3 is 0 Å². The predicted octanol–water partition coefficient (Wildman–Crippen LogP) is 4.23. The summed E-state index contributed by atoms with van der Waals surface area (Å²) < 4.78 is 2.29. The fourth-order valence-electron chi connectivity index (χ4n) is 1.61. The Morgan fingerprint density at radius 3 is 2.22 bits per heavy atom. The van der Waals surface area contributed by atoms with Crippen molar-refractivity contribution in [3.8, 4) is 17.9 Å². The fraction of sp³-hybridized carbons (Fsp3) is 0. The van der Waals surface area contributed by atoms with Crippen molar-refractivity contribution in [1.82, 2.24) is 0 Å².